The molecule has 2 aliphatic heterocycles. The fourth-order valence-corrected chi connectivity index (χ4v) is 7.50. The van der Waals surface area contributed by atoms with Crippen molar-refractivity contribution in [3.05, 3.63) is 106 Å². The first-order valence-electron chi connectivity index (χ1n) is 17.8. The SMILES string of the molecule is Cc1c(COc2cc(OCc3cncc(C#N)c3)c(CN3CCCC[C@H]3C(=O)O)cc2Cl)cccc1-c1ccc2nc(C3CCN(C)CC3)oc2c1. The van der Waals surface area contributed by atoms with Crippen LogP contribution >= 0.6 is 11.6 Å². The molecule has 1 N–H and O–H groups in total. The molecule has 0 bridgehead atoms. The number of oxazole rings is 1. The Labute approximate surface area is 308 Å². The zero-order chi connectivity index (χ0) is 36.2. The summed E-state index contributed by atoms with van der Waals surface area (Å²) in [5.41, 5.74) is 7.80. The van der Waals surface area contributed by atoms with Crippen molar-refractivity contribution in [3.63, 3.8) is 0 Å². The van der Waals surface area contributed by atoms with Gasteiger partial charge >= 0.3 is 5.97 Å². The lowest BCUT2D eigenvalue weighted by atomic mass is 9.96. The van der Waals surface area contributed by atoms with Crippen molar-refractivity contribution in [2.45, 2.75) is 70.7 Å². The molecule has 7 rings (SSSR count). The van der Waals surface area contributed by atoms with Crippen molar-refractivity contribution in [1.82, 2.24) is 19.8 Å². The van der Waals surface area contributed by atoms with Crippen LogP contribution in [0.15, 0.2) is 71.4 Å². The minimum atomic E-state index is -0.830. The normalized spacial score (nSPS) is 17.2. The van der Waals surface area contributed by atoms with E-state index < -0.39 is 12.0 Å². The van der Waals surface area contributed by atoms with E-state index in [0.717, 1.165) is 89.1 Å². The maximum Gasteiger partial charge on any atom is 0.320 e. The van der Waals surface area contributed by atoms with Gasteiger partial charge in [-0.3, -0.25) is 14.7 Å². The van der Waals surface area contributed by atoms with Crippen LogP contribution in [0.4, 0.5) is 0 Å². The van der Waals surface area contributed by atoms with E-state index in [-0.39, 0.29) is 13.2 Å². The lowest BCUT2D eigenvalue weighted by Gasteiger charge is -2.33. The quantitative estimate of drug-likeness (QED) is 0.143. The minimum Gasteiger partial charge on any atom is -0.488 e. The predicted molar refractivity (Wildman–Crippen MR) is 198 cm³/mol. The second-order valence-electron chi connectivity index (χ2n) is 13.9. The van der Waals surface area contributed by atoms with Crippen molar-refractivity contribution in [3.8, 4) is 28.7 Å². The average molecular weight is 720 g/mol. The number of pyridine rings is 1. The molecule has 2 aromatic heterocycles. The van der Waals surface area contributed by atoms with Gasteiger partial charge in [0.1, 0.15) is 42.3 Å². The van der Waals surface area contributed by atoms with Gasteiger partial charge in [0.05, 0.1) is 10.6 Å². The molecule has 1 atom stereocenters. The Morgan fingerprint density at radius 2 is 1.83 bits per heavy atom. The summed E-state index contributed by atoms with van der Waals surface area (Å²) in [4.78, 5) is 25.3. The number of hydrogen-bond acceptors (Lipinski definition) is 9. The van der Waals surface area contributed by atoms with E-state index >= 15 is 0 Å². The average Bonchev–Trinajstić information content (AvgIpc) is 3.59. The predicted octanol–water partition coefficient (Wildman–Crippen LogP) is 8.13. The Morgan fingerprint density at radius 1 is 1.00 bits per heavy atom. The van der Waals surface area contributed by atoms with Crippen LogP contribution in [-0.2, 0) is 24.6 Å². The number of fused-ring (bicyclic) bond motifs is 1. The van der Waals surface area contributed by atoms with Crippen molar-refractivity contribution in [2.24, 2.45) is 0 Å². The van der Waals surface area contributed by atoms with Gasteiger partial charge in [-0.1, -0.05) is 42.3 Å². The fourth-order valence-electron chi connectivity index (χ4n) is 7.26. The number of carbonyl (C=O) groups is 1. The van der Waals surface area contributed by atoms with Gasteiger partial charge in [-0.2, -0.15) is 5.26 Å². The van der Waals surface area contributed by atoms with Crippen LogP contribution in [0, 0.1) is 18.3 Å². The molecule has 2 aliphatic rings. The summed E-state index contributed by atoms with van der Waals surface area (Å²) < 4.78 is 19.0. The van der Waals surface area contributed by atoms with E-state index in [9.17, 15) is 15.2 Å². The highest BCUT2D eigenvalue weighted by Crippen LogP contribution is 2.37. The number of aliphatic carboxylic acids is 1. The van der Waals surface area contributed by atoms with Crippen LogP contribution in [0.2, 0.25) is 5.02 Å². The third-order valence-corrected chi connectivity index (χ3v) is 10.6. The zero-order valence-corrected chi connectivity index (χ0v) is 30.2. The minimum absolute atomic E-state index is 0.162. The molecule has 5 aromatic rings. The maximum atomic E-state index is 12.1. The molecule has 3 aromatic carbocycles. The maximum absolute atomic E-state index is 12.1. The molecule has 0 radical (unpaired) electrons. The summed E-state index contributed by atoms with van der Waals surface area (Å²) in [6, 6.07) is 19.2. The number of carboxylic acid groups (broad SMARTS) is 1. The molecule has 4 heterocycles. The van der Waals surface area contributed by atoms with Gasteiger partial charge in [-0.25, -0.2) is 4.98 Å². The van der Waals surface area contributed by atoms with Gasteiger partial charge in [-0.05, 0) is 106 Å². The van der Waals surface area contributed by atoms with Crippen LogP contribution in [0.1, 0.15) is 71.7 Å². The van der Waals surface area contributed by atoms with Crippen molar-refractivity contribution in [1.29, 1.82) is 5.26 Å². The first-order valence-corrected chi connectivity index (χ1v) is 18.2. The van der Waals surface area contributed by atoms with Crippen LogP contribution in [-0.4, -0.2) is 63.6 Å². The molecule has 11 heteroatoms. The number of halogens is 1. The highest BCUT2D eigenvalue weighted by atomic mass is 35.5. The second-order valence-corrected chi connectivity index (χ2v) is 14.3. The monoisotopic (exact) mass is 719 g/mol. The number of ether oxygens (including phenoxy) is 2. The van der Waals surface area contributed by atoms with Crippen molar-refractivity contribution >= 4 is 28.7 Å². The molecule has 0 spiro atoms. The summed E-state index contributed by atoms with van der Waals surface area (Å²) in [5, 5.41) is 19.6. The zero-order valence-electron chi connectivity index (χ0n) is 29.5. The highest BCUT2D eigenvalue weighted by molar-refractivity contribution is 6.32. The van der Waals surface area contributed by atoms with E-state index in [1.54, 1.807) is 24.4 Å². The number of nitrogens with zero attached hydrogens (tertiary/aromatic N) is 5. The smallest absolute Gasteiger partial charge is 0.320 e. The molecule has 10 nitrogen and oxygen atoms in total. The molecule has 0 unspecified atom stereocenters. The van der Waals surface area contributed by atoms with Crippen LogP contribution < -0.4 is 9.47 Å². The number of benzene rings is 3. The van der Waals surface area contributed by atoms with Gasteiger partial charge in [0, 0.05) is 42.0 Å². The molecule has 0 saturated carbocycles. The van der Waals surface area contributed by atoms with E-state index in [4.69, 9.17) is 30.5 Å². The molecule has 268 valence electrons. The van der Waals surface area contributed by atoms with Crippen molar-refractivity contribution in [2.75, 3.05) is 26.7 Å². The van der Waals surface area contributed by atoms with Gasteiger partial charge in [0.15, 0.2) is 11.5 Å². The largest absolute Gasteiger partial charge is 0.488 e. The lowest BCUT2D eigenvalue weighted by Crippen LogP contribution is -2.44. The van der Waals surface area contributed by atoms with Crippen LogP contribution in [0.3, 0.4) is 0 Å². The third kappa shape index (κ3) is 7.92. The number of piperidine rings is 2. The third-order valence-electron chi connectivity index (χ3n) is 10.3. The van der Waals surface area contributed by atoms with E-state index in [1.165, 1.54) is 6.20 Å². The van der Waals surface area contributed by atoms with Gasteiger partial charge in [0.25, 0.3) is 0 Å². The molecule has 0 aliphatic carbocycles. The topological polar surface area (TPSA) is 125 Å². The molecular formula is C41H42ClN5O5. The number of likely N-dealkylation sites (tertiary alicyclic amines) is 2. The fraction of sp³-hybridized carbons (Fsp3) is 0.366. The first-order chi connectivity index (χ1) is 25.2. The molecular weight excluding hydrogens is 678 g/mol. The molecule has 2 saturated heterocycles. The number of aromatic nitrogens is 2. The Kier molecular flexibility index (Phi) is 10.7. The Balaban J connectivity index is 1.12. The summed E-state index contributed by atoms with van der Waals surface area (Å²) in [5.74, 6) is 1.33. The second kappa shape index (κ2) is 15.7. The van der Waals surface area contributed by atoms with E-state index in [0.29, 0.717) is 47.5 Å². The van der Waals surface area contributed by atoms with Crippen LogP contribution in [0.25, 0.3) is 22.2 Å². The number of hydrogen-bond donors (Lipinski definition) is 1. The number of nitriles is 1. The van der Waals surface area contributed by atoms with E-state index in [1.807, 2.05) is 23.1 Å². The van der Waals surface area contributed by atoms with Crippen molar-refractivity contribution < 1.29 is 23.8 Å². The molecule has 0 amide bonds. The van der Waals surface area contributed by atoms with Gasteiger partial charge in [0.2, 0.25) is 0 Å². The number of rotatable bonds is 11. The summed E-state index contributed by atoms with van der Waals surface area (Å²) in [6.07, 6.45) is 7.65. The summed E-state index contributed by atoms with van der Waals surface area (Å²) in [6.45, 7) is 5.64. The summed E-state index contributed by atoms with van der Waals surface area (Å²) >= 11 is 6.85. The lowest BCUT2D eigenvalue weighted by molar-refractivity contribution is -0.144. The molecule has 52 heavy (non-hydrogen) atoms. The standard InChI is InChI=1S/C41H42ClN5O5/c1-26-31(6-5-7-33(26)30-9-10-35-39(18-30)52-40(45-35)29-11-14-46(2)15-12-29)25-51-38-19-37(50-24-28-16-27(20-43)21-44-22-28)32(17-34(38)42)23-47-13-4-3-8-36(47)41(48)49/h5-7,9-10,16-19,21-22,29,36H,3-4,8,11-15,23-25H2,1-2H3,(H,48,49)/t36-/m0/s1. The van der Waals surface area contributed by atoms with E-state index in [2.05, 4.69) is 48.1 Å². The van der Waals surface area contributed by atoms with Crippen LogP contribution in [0.5, 0.6) is 11.5 Å². The Hall–Kier alpha value is -4.95. The Morgan fingerprint density at radius 3 is 2.63 bits per heavy atom. The van der Waals surface area contributed by atoms with Gasteiger partial charge in [-0.15, -0.1) is 0 Å². The Bertz CT molecular complexity index is 2120. The van der Waals surface area contributed by atoms with Gasteiger partial charge < -0.3 is 23.9 Å². The number of carboxylic acids is 1. The highest BCUT2D eigenvalue weighted by Gasteiger charge is 2.29. The first kappa shape index (κ1) is 35.5. The summed E-state index contributed by atoms with van der Waals surface area (Å²) in [7, 11) is 2.15. The molecule has 2 fully saturated rings.